The van der Waals surface area contributed by atoms with Crippen LogP contribution in [0.1, 0.15) is 32.0 Å². The van der Waals surface area contributed by atoms with Gasteiger partial charge in [0.05, 0.1) is 11.9 Å². The minimum Gasteiger partial charge on any atom is -0.457 e. The van der Waals surface area contributed by atoms with E-state index in [0.717, 1.165) is 11.3 Å². The molecule has 1 N–H and O–H groups in total. The molecule has 0 fully saturated rings. The Bertz CT molecular complexity index is 1190. The molecule has 0 bridgehead atoms. The van der Waals surface area contributed by atoms with Crippen LogP contribution in [0.4, 0.5) is 5.69 Å². The summed E-state index contributed by atoms with van der Waals surface area (Å²) < 4.78 is 7.02. The van der Waals surface area contributed by atoms with E-state index in [9.17, 15) is 9.59 Å². The van der Waals surface area contributed by atoms with E-state index in [1.54, 1.807) is 42.1 Å². The number of hydrogen-bond acceptors (Lipinski definition) is 5. The maximum Gasteiger partial charge on any atom is 0.341 e. The average molecular weight is 412 g/mol. The van der Waals surface area contributed by atoms with Gasteiger partial charge in [-0.05, 0) is 48.9 Å². The first-order chi connectivity index (χ1) is 15.1. The highest BCUT2D eigenvalue weighted by atomic mass is 16.5. The van der Waals surface area contributed by atoms with E-state index in [1.807, 2.05) is 48.5 Å². The second kappa shape index (κ2) is 9.04. The fourth-order valence-electron chi connectivity index (χ4n) is 3.02. The molecule has 0 saturated heterocycles. The predicted octanol–water partition coefficient (Wildman–Crippen LogP) is 4.19. The molecule has 2 aromatic heterocycles. The van der Waals surface area contributed by atoms with Crippen molar-refractivity contribution < 1.29 is 14.3 Å². The summed E-state index contributed by atoms with van der Waals surface area (Å²) in [4.78, 5) is 29.1. The van der Waals surface area contributed by atoms with Crippen molar-refractivity contribution in [1.82, 2.24) is 14.8 Å². The number of para-hydroxylation sites is 1. The van der Waals surface area contributed by atoms with Crippen LogP contribution in [0.15, 0.2) is 85.2 Å². The summed E-state index contributed by atoms with van der Waals surface area (Å²) in [5, 5.41) is 7.07. The SMILES string of the molecule is Cc1c(C(=O)OCc2ccc(C(=O)Nc3ccccc3)cc2)cnn1-c1ccccn1. The molecule has 154 valence electrons. The molecule has 0 spiro atoms. The number of anilines is 1. The molecule has 2 aromatic carbocycles. The van der Waals surface area contributed by atoms with Crippen molar-refractivity contribution in [2.24, 2.45) is 0 Å². The first kappa shape index (κ1) is 20.0. The number of carbonyl (C=O) groups is 2. The molecule has 0 atom stereocenters. The molecule has 4 rings (SSSR count). The van der Waals surface area contributed by atoms with Gasteiger partial charge in [0.15, 0.2) is 5.82 Å². The smallest absolute Gasteiger partial charge is 0.341 e. The molecule has 7 heteroatoms. The Morgan fingerprint density at radius 3 is 2.42 bits per heavy atom. The molecule has 2 heterocycles. The Morgan fingerprint density at radius 1 is 0.968 bits per heavy atom. The van der Waals surface area contributed by atoms with Gasteiger partial charge in [-0.2, -0.15) is 5.10 Å². The first-order valence-corrected chi connectivity index (χ1v) is 9.70. The number of nitrogens with one attached hydrogen (secondary N) is 1. The van der Waals surface area contributed by atoms with Gasteiger partial charge in [-0.1, -0.05) is 36.4 Å². The maximum absolute atomic E-state index is 12.5. The number of amides is 1. The van der Waals surface area contributed by atoms with Crippen LogP contribution < -0.4 is 5.32 Å². The van der Waals surface area contributed by atoms with Crippen LogP contribution in [0, 0.1) is 6.92 Å². The van der Waals surface area contributed by atoms with Crippen LogP contribution >= 0.6 is 0 Å². The van der Waals surface area contributed by atoms with Gasteiger partial charge in [-0.15, -0.1) is 0 Å². The van der Waals surface area contributed by atoms with Crippen molar-refractivity contribution in [3.63, 3.8) is 0 Å². The number of ether oxygens (including phenoxy) is 1. The number of rotatable bonds is 6. The summed E-state index contributed by atoms with van der Waals surface area (Å²) in [6.45, 7) is 1.88. The standard InChI is InChI=1S/C24H20N4O3/c1-17-21(15-26-28(17)22-9-5-6-14-25-22)24(30)31-16-18-10-12-19(13-11-18)23(29)27-20-7-3-2-4-8-20/h2-15H,16H2,1H3,(H,27,29). The lowest BCUT2D eigenvalue weighted by Crippen LogP contribution is -2.12. The number of aromatic nitrogens is 3. The number of hydrogen-bond donors (Lipinski definition) is 1. The van der Waals surface area contributed by atoms with Crippen LogP contribution in [0.2, 0.25) is 0 Å². The largest absolute Gasteiger partial charge is 0.457 e. The fraction of sp³-hybridized carbons (Fsp3) is 0.0833. The minimum atomic E-state index is -0.467. The predicted molar refractivity (Wildman–Crippen MR) is 116 cm³/mol. The van der Waals surface area contributed by atoms with E-state index < -0.39 is 5.97 Å². The number of nitrogens with zero attached hydrogens (tertiary/aromatic N) is 3. The van der Waals surface area contributed by atoms with E-state index in [-0.39, 0.29) is 12.5 Å². The topological polar surface area (TPSA) is 86.1 Å². The van der Waals surface area contributed by atoms with Gasteiger partial charge in [0.1, 0.15) is 12.2 Å². The lowest BCUT2D eigenvalue weighted by Gasteiger charge is -2.08. The highest BCUT2D eigenvalue weighted by Gasteiger charge is 2.17. The maximum atomic E-state index is 12.5. The van der Waals surface area contributed by atoms with Crippen molar-refractivity contribution in [3.05, 3.63) is 108 Å². The molecular formula is C24H20N4O3. The highest BCUT2D eigenvalue weighted by Crippen LogP contribution is 2.15. The summed E-state index contributed by atoms with van der Waals surface area (Å²) in [5.41, 5.74) is 3.05. The van der Waals surface area contributed by atoms with Crippen molar-refractivity contribution in [2.45, 2.75) is 13.5 Å². The van der Waals surface area contributed by atoms with E-state index in [1.165, 1.54) is 6.20 Å². The summed E-state index contributed by atoms with van der Waals surface area (Å²) >= 11 is 0. The highest BCUT2D eigenvalue weighted by molar-refractivity contribution is 6.04. The molecule has 0 aliphatic heterocycles. The molecule has 0 unspecified atom stereocenters. The second-order valence-corrected chi connectivity index (χ2v) is 6.84. The molecule has 0 saturated carbocycles. The lowest BCUT2D eigenvalue weighted by molar-refractivity contribution is 0.0471. The molecule has 7 nitrogen and oxygen atoms in total. The fourth-order valence-corrected chi connectivity index (χ4v) is 3.02. The van der Waals surface area contributed by atoms with Crippen LogP contribution in [0.5, 0.6) is 0 Å². The third-order valence-corrected chi connectivity index (χ3v) is 4.71. The molecule has 0 aliphatic rings. The molecule has 1 amide bonds. The summed E-state index contributed by atoms with van der Waals surface area (Å²) in [7, 11) is 0. The van der Waals surface area contributed by atoms with Crippen molar-refractivity contribution >= 4 is 17.6 Å². The van der Waals surface area contributed by atoms with Crippen LogP contribution in [-0.2, 0) is 11.3 Å². The van der Waals surface area contributed by atoms with E-state index in [0.29, 0.717) is 22.6 Å². The van der Waals surface area contributed by atoms with Gasteiger partial charge in [-0.25, -0.2) is 14.5 Å². The quantitative estimate of drug-likeness (QED) is 0.480. The van der Waals surface area contributed by atoms with Gasteiger partial charge >= 0.3 is 5.97 Å². The van der Waals surface area contributed by atoms with E-state index in [2.05, 4.69) is 15.4 Å². The molecule has 0 radical (unpaired) electrons. The number of carbonyl (C=O) groups excluding carboxylic acids is 2. The molecule has 31 heavy (non-hydrogen) atoms. The van der Waals surface area contributed by atoms with Crippen LogP contribution in [0.25, 0.3) is 5.82 Å². The molecular weight excluding hydrogens is 392 g/mol. The normalized spacial score (nSPS) is 10.5. The van der Waals surface area contributed by atoms with Crippen LogP contribution in [0.3, 0.4) is 0 Å². The van der Waals surface area contributed by atoms with E-state index in [4.69, 9.17) is 4.74 Å². The van der Waals surface area contributed by atoms with Crippen molar-refractivity contribution in [1.29, 1.82) is 0 Å². The number of benzene rings is 2. The molecule has 0 aliphatic carbocycles. The van der Waals surface area contributed by atoms with Crippen molar-refractivity contribution in [3.8, 4) is 5.82 Å². The van der Waals surface area contributed by atoms with Gasteiger partial charge in [0.25, 0.3) is 5.91 Å². The summed E-state index contributed by atoms with van der Waals surface area (Å²) in [6.07, 6.45) is 3.14. The lowest BCUT2D eigenvalue weighted by atomic mass is 10.1. The Hall–Kier alpha value is -4.26. The third-order valence-electron chi connectivity index (χ3n) is 4.71. The van der Waals surface area contributed by atoms with Gasteiger partial charge in [0, 0.05) is 17.4 Å². The number of esters is 1. The van der Waals surface area contributed by atoms with Gasteiger partial charge in [0.2, 0.25) is 0 Å². The van der Waals surface area contributed by atoms with Crippen molar-refractivity contribution in [2.75, 3.05) is 5.32 Å². The van der Waals surface area contributed by atoms with Gasteiger partial charge < -0.3 is 10.1 Å². The number of pyridine rings is 1. The zero-order valence-electron chi connectivity index (χ0n) is 16.9. The molecule has 4 aromatic rings. The second-order valence-electron chi connectivity index (χ2n) is 6.84. The first-order valence-electron chi connectivity index (χ1n) is 9.70. The zero-order chi connectivity index (χ0) is 21.6. The summed E-state index contributed by atoms with van der Waals surface area (Å²) in [5.74, 6) is -0.0405. The van der Waals surface area contributed by atoms with Gasteiger partial charge in [-0.3, -0.25) is 4.79 Å². The Kier molecular flexibility index (Phi) is 5.84. The average Bonchev–Trinajstić information content (AvgIpc) is 3.20. The Morgan fingerprint density at radius 2 is 1.71 bits per heavy atom. The minimum absolute atomic E-state index is 0.0909. The Labute approximate surface area is 179 Å². The third kappa shape index (κ3) is 4.67. The zero-order valence-corrected chi connectivity index (χ0v) is 16.9. The Balaban J connectivity index is 1.37. The summed E-state index contributed by atoms with van der Waals surface area (Å²) in [6, 6.07) is 21.6. The van der Waals surface area contributed by atoms with E-state index >= 15 is 0 Å². The van der Waals surface area contributed by atoms with Crippen LogP contribution in [-0.4, -0.2) is 26.6 Å². The monoisotopic (exact) mass is 412 g/mol.